The van der Waals surface area contributed by atoms with Gasteiger partial charge >= 0.3 is 5.88 Å². The highest BCUT2D eigenvalue weighted by Gasteiger charge is 2.26. The molecule has 0 saturated carbocycles. The number of benzene rings is 2. The van der Waals surface area contributed by atoms with Crippen molar-refractivity contribution in [3.8, 4) is 11.5 Å². The molecule has 0 fully saturated rings. The molecule has 33 heavy (non-hydrogen) atoms. The summed E-state index contributed by atoms with van der Waals surface area (Å²) in [5.74, 6) is -0.225. The van der Waals surface area contributed by atoms with Crippen LogP contribution in [0.4, 0.5) is 11.0 Å². The number of hydrogen-bond acceptors (Lipinski definition) is 9. The lowest BCUT2D eigenvalue weighted by molar-refractivity contribution is -0.402. The van der Waals surface area contributed by atoms with E-state index in [4.69, 9.17) is 13.9 Å². The number of fused-ring (bicyclic) bond motifs is 1. The van der Waals surface area contributed by atoms with Crippen LogP contribution >= 0.6 is 11.3 Å². The van der Waals surface area contributed by atoms with Crippen molar-refractivity contribution >= 4 is 44.7 Å². The van der Waals surface area contributed by atoms with E-state index >= 15 is 0 Å². The molecule has 0 saturated heterocycles. The molecule has 0 bridgehead atoms. The van der Waals surface area contributed by atoms with Crippen LogP contribution in [-0.2, 0) is 0 Å². The minimum Gasteiger partial charge on any atom is -0.493 e. The Morgan fingerprint density at radius 2 is 2.03 bits per heavy atom. The number of ether oxygens (including phenoxy) is 2. The summed E-state index contributed by atoms with van der Waals surface area (Å²) in [5.41, 5.74) is 1.96. The molecule has 0 radical (unpaired) electrons. The van der Waals surface area contributed by atoms with E-state index < -0.39 is 16.7 Å². The van der Waals surface area contributed by atoms with Crippen molar-refractivity contribution in [3.63, 3.8) is 0 Å². The van der Waals surface area contributed by atoms with Gasteiger partial charge in [-0.05, 0) is 42.8 Å². The number of anilines is 1. The molecule has 2 aromatic heterocycles. The maximum atomic E-state index is 13.6. The highest BCUT2D eigenvalue weighted by atomic mass is 32.1. The second-order valence-corrected chi connectivity index (χ2v) is 7.81. The quantitative estimate of drug-likeness (QED) is 0.218. The van der Waals surface area contributed by atoms with E-state index in [2.05, 4.69) is 10.1 Å². The summed E-state index contributed by atoms with van der Waals surface area (Å²) >= 11 is 1.28. The Morgan fingerprint density at radius 1 is 1.21 bits per heavy atom. The first-order chi connectivity index (χ1) is 15.9. The summed E-state index contributed by atoms with van der Waals surface area (Å²) in [4.78, 5) is 28.4. The minimum absolute atomic E-state index is 0.106. The van der Waals surface area contributed by atoms with Crippen molar-refractivity contribution in [2.24, 2.45) is 5.10 Å². The number of furan rings is 1. The number of hydrazone groups is 1. The second kappa shape index (κ2) is 9.09. The molecule has 0 aliphatic carbocycles. The van der Waals surface area contributed by atoms with E-state index in [-0.39, 0.29) is 17.1 Å². The average Bonchev–Trinajstić information content (AvgIpc) is 3.45. The number of aromatic nitrogens is 1. The van der Waals surface area contributed by atoms with Crippen LogP contribution < -0.4 is 14.5 Å². The van der Waals surface area contributed by atoms with Gasteiger partial charge in [0.05, 0.1) is 42.3 Å². The van der Waals surface area contributed by atoms with Gasteiger partial charge in [0.15, 0.2) is 17.3 Å². The van der Waals surface area contributed by atoms with Crippen molar-refractivity contribution in [1.29, 1.82) is 0 Å². The molecule has 10 nitrogen and oxygen atoms in total. The van der Waals surface area contributed by atoms with Crippen molar-refractivity contribution in [2.75, 3.05) is 19.2 Å². The lowest BCUT2D eigenvalue weighted by Gasteiger charge is -2.17. The Balaban J connectivity index is 1.80. The zero-order valence-electron chi connectivity index (χ0n) is 17.8. The summed E-state index contributed by atoms with van der Waals surface area (Å²) in [6, 6.07) is 13.3. The average molecular weight is 466 g/mol. The standard InChI is InChI=1S/C22H18N4O6S/c1-13-7-9-16-18(11-13)33-22(24-16)25(23-12-14-8-10-19(32-14)26(28)29)21(27)15-5-4-6-17(30-2)20(15)31-3/h4-12H,1-3H3/b23-12+. The van der Waals surface area contributed by atoms with E-state index in [1.807, 2.05) is 25.1 Å². The third-order valence-electron chi connectivity index (χ3n) is 4.63. The molecule has 2 heterocycles. The van der Waals surface area contributed by atoms with Gasteiger partial charge in [-0.1, -0.05) is 23.5 Å². The Labute approximate surface area is 191 Å². The molecule has 0 atom stereocenters. The van der Waals surface area contributed by atoms with E-state index in [0.717, 1.165) is 15.3 Å². The van der Waals surface area contributed by atoms with Gasteiger partial charge in [0, 0.05) is 0 Å². The number of rotatable bonds is 7. The van der Waals surface area contributed by atoms with E-state index in [0.29, 0.717) is 16.4 Å². The molecule has 168 valence electrons. The Morgan fingerprint density at radius 3 is 2.73 bits per heavy atom. The molecule has 0 N–H and O–H groups in total. The molecule has 0 unspecified atom stereocenters. The number of carbonyl (C=O) groups excluding carboxylic acids is 1. The number of aryl methyl sites for hydroxylation is 1. The highest BCUT2D eigenvalue weighted by molar-refractivity contribution is 7.22. The molecule has 4 rings (SSSR count). The van der Waals surface area contributed by atoms with Gasteiger partial charge in [0.1, 0.15) is 4.92 Å². The maximum absolute atomic E-state index is 13.6. The van der Waals surface area contributed by atoms with Gasteiger partial charge < -0.3 is 13.9 Å². The van der Waals surface area contributed by atoms with Crippen LogP contribution in [0.15, 0.2) is 58.0 Å². The zero-order valence-corrected chi connectivity index (χ0v) is 18.7. The van der Waals surface area contributed by atoms with Crippen molar-refractivity contribution in [3.05, 3.63) is 75.5 Å². The van der Waals surface area contributed by atoms with E-state index in [1.165, 1.54) is 43.9 Å². The summed E-state index contributed by atoms with van der Waals surface area (Å²) in [6.07, 6.45) is 1.22. The number of hydrogen-bond donors (Lipinski definition) is 0. The van der Waals surface area contributed by atoms with E-state index in [9.17, 15) is 14.9 Å². The molecule has 0 aliphatic heterocycles. The smallest absolute Gasteiger partial charge is 0.433 e. The molecule has 0 aliphatic rings. The molecule has 11 heteroatoms. The van der Waals surface area contributed by atoms with Crippen LogP contribution in [0, 0.1) is 17.0 Å². The fraction of sp³-hybridized carbons (Fsp3) is 0.136. The number of methoxy groups -OCH3 is 2. The summed E-state index contributed by atoms with van der Waals surface area (Å²) in [7, 11) is 2.91. The lowest BCUT2D eigenvalue weighted by Crippen LogP contribution is -2.26. The largest absolute Gasteiger partial charge is 0.493 e. The first-order valence-electron chi connectivity index (χ1n) is 9.62. The molecule has 4 aromatic rings. The number of thiazole rings is 1. The second-order valence-electron chi connectivity index (χ2n) is 6.80. The molecule has 1 amide bonds. The summed E-state index contributed by atoms with van der Waals surface area (Å²) in [5, 5.41) is 16.6. The number of nitrogens with zero attached hydrogens (tertiary/aromatic N) is 4. The van der Waals surface area contributed by atoms with Gasteiger partial charge in [-0.3, -0.25) is 14.9 Å². The Hall–Kier alpha value is -4.25. The van der Waals surface area contributed by atoms with Crippen LogP contribution in [0.2, 0.25) is 0 Å². The minimum atomic E-state index is -0.656. The van der Waals surface area contributed by atoms with Crippen LogP contribution in [0.25, 0.3) is 10.2 Å². The maximum Gasteiger partial charge on any atom is 0.433 e. The monoisotopic (exact) mass is 466 g/mol. The van der Waals surface area contributed by atoms with Gasteiger partial charge in [0.25, 0.3) is 5.91 Å². The van der Waals surface area contributed by atoms with Crippen LogP contribution in [0.3, 0.4) is 0 Å². The molecular formula is C22H18N4O6S. The number of nitro groups is 1. The molecule has 2 aromatic carbocycles. The topological polar surface area (TPSA) is 120 Å². The van der Waals surface area contributed by atoms with Crippen molar-refractivity contribution < 1.29 is 23.6 Å². The van der Waals surface area contributed by atoms with E-state index in [1.54, 1.807) is 18.2 Å². The van der Waals surface area contributed by atoms with Gasteiger partial charge in [0.2, 0.25) is 5.13 Å². The summed E-state index contributed by atoms with van der Waals surface area (Å²) in [6.45, 7) is 1.96. The fourth-order valence-corrected chi connectivity index (χ4v) is 4.11. The Bertz CT molecular complexity index is 1380. The van der Waals surface area contributed by atoms with Crippen molar-refractivity contribution in [1.82, 2.24) is 4.98 Å². The van der Waals surface area contributed by atoms with Gasteiger partial charge in [-0.25, -0.2) is 4.98 Å². The van der Waals surface area contributed by atoms with Gasteiger partial charge in [-0.2, -0.15) is 10.1 Å². The van der Waals surface area contributed by atoms with Crippen LogP contribution in [0.5, 0.6) is 11.5 Å². The normalized spacial score (nSPS) is 11.1. The SMILES string of the molecule is COc1cccc(C(=O)N(/N=C/c2ccc([N+](=O)[O-])o2)c2nc3ccc(C)cc3s2)c1OC. The Kier molecular flexibility index (Phi) is 6.05. The van der Waals surface area contributed by atoms with Crippen molar-refractivity contribution in [2.45, 2.75) is 6.92 Å². The predicted octanol–water partition coefficient (Wildman–Crippen LogP) is 4.80. The molecule has 0 spiro atoms. The molecular weight excluding hydrogens is 448 g/mol. The third-order valence-corrected chi connectivity index (χ3v) is 5.63. The van der Waals surface area contributed by atoms with Crippen LogP contribution in [0.1, 0.15) is 21.7 Å². The highest BCUT2D eigenvalue weighted by Crippen LogP contribution is 2.35. The van der Waals surface area contributed by atoms with Crippen LogP contribution in [-0.4, -0.2) is 36.2 Å². The predicted molar refractivity (Wildman–Crippen MR) is 124 cm³/mol. The van der Waals surface area contributed by atoms with Gasteiger partial charge in [-0.15, -0.1) is 0 Å². The first-order valence-corrected chi connectivity index (χ1v) is 10.4. The number of para-hydroxylation sites is 1. The lowest BCUT2D eigenvalue weighted by atomic mass is 10.1. The third kappa shape index (κ3) is 4.39. The number of carbonyl (C=O) groups is 1. The first kappa shape index (κ1) is 22.0. The zero-order chi connectivity index (χ0) is 23.5. The number of amides is 1. The summed E-state index contributed by atoms with van der Waals surface area (Å²) < 4.78 is 16.7. The fourth-order valence-electron chi connectivity index (χ4n) is 3.09.